The van der Waals surface area contributed by atoms with Crippen LogP contribution in [0.5, 0.6) is 0 Å². The zero-order valence-corrected chi connectivity index (χ0v) is 12.9. The molecule has 2 rings (SSSR count). The van der Waals surface area contributed by atoms with Gasteiger partial charge in [-0.3, -0.25) is 0 Å². The molecule has 1 amide bonds. The summed E-state index contributed by atoms with van der Waals surface area (Å²) in [6.07, 6.45) is 4.55. The van der Waals surface area contributed by atoms with Crippen LogP contribution in [-0.4, -0.2) is 22.3 Å². The average Bonchev–Trinajstić information content (AvgIpc) is 2.96. The average molecular weight is 289 g/mol. The molecule has 114 valence electrons. The molecule has 0 spiro atoms. The van der Waals surface area contributed by atoms with Crippen molar-refractivity contribution in [3.8, 4) is 6.07 Å². The van der Waals surface area contributed by atoms with E-state index >= 15 is 0 Å². The first kappa shape index (κ1) is 15.4. The van der Waals surface area contributed by atoms with E-state index in [0.29, 0.717) is 11.6 Å². The highest BCUT2D eigenvalue weighted by atomic mass is 16.6. The van der Waals surface area contributed by atoms with Gasteiger partial charge in [0, 0.05) is 18.8 Å². The lowest BCUT2D eigenvalue weighted by Crippen LogP contribution is -2.38. The zero-order chi connectivity index (χ0) is 15.5. The van der Waals surface area contributed by atoms with E-state index < -0.39 is 5.60 Å². The zero-order valence-electron chi connectivity index (χ0n) is 12.9. The third-order valence-corrected chi connectivity index (χ3v) is 3.66. The van der Waals surface area contributed by atoms with Crippen molar-refractivity contribution in [3.63, 3.8) is 0 Å². The number of hydrogen-bond donors (Lipinski definition) is 1. The molecule has 0 unspecified atom stereocenters. The van der Waals surface area contributed by atoms with Crippen LogP contribution >= 0.6 is 0 Å². The van der Waals surface area contributed by atoms with Crippen molar-refractivity contribution >= 4 is 6.09 Å². The predicted molar refractivity (Wildman–Crippen MR) is 79.6 cm³/mol. The number of nitriles is 1. The molecular formula is C16H23N3O2. The third-order valence-electron chi connectivity index (χ3n) is 3.66. The van der Waals surface area contributed by atoms with Gasteiger partial charge >= 0.3 is 6.09 Å². The van der Waals surface area contributed by atoms with E-state index in [1.165, 1.54) is 0 Å². The number of hydrogen-bond acceptors (Lipinski definition) is 3. The second-order valence-electron chi connectivity index (χ2n) is 6.68. The molecule has 1 saturated carbocycles. The molecule has 0 radical (unpaired) electrons. The van der Waals surface area contributed by atoms with E-state index in [9.17, 15) is 4.79 Å². The van der Waals surface area contributed by atoms with Crippen LogP contribution in [0.3, 0.4) is 0 Å². The highest BCUT2D eigenvalue weighted by Crippen LogP contribution is 2.27. The van der Waals surface area contributed by atoms with Crippen LogP contribution < -0.4 is 5.32 Å². The molecule has 5 heteroatoms. The molecule has 1 heterocycles. The number of carbonyl (C=O) groups excluding carboxylic acids is 1. The predicted octanol–water partition coefficient (Wildman–Crippen LogP) is 3.05. The van der Waals surface area contributed by atoms with E-state index in [0.717, 1.165) is 25.8 Å². The van der Waals surface area contributed by atoms with Gasteiger partial charge in [0.05, 0.1) is 0 Å². The largest absolute Gasteiger partial charge is 0.444 e. The highest BCUT2D eigenvalue weighted by Gasteiger charge is 2.28. The second-order valence-corrected chi connectivity index (χ2v) is 6.68. The quantitative estimate of drug-likeness (QED) is 0.930. The van der Waals surface area contributed by atoms with Crippen molar-refractivity contribution in [2.45, 2.75) is 58.2 Å². The fourth-order valence-electron chi connectivity index (χ4n) is 2.80. The van der Waals surface area contributed by atoms with Crippen molar-refractivity contribution in [1.82, 2.24) is 9.88 Å². The van der Waals surface area contributed by atoms with E-state index in [1.54, 1.807) is 0 Å². The summed E-state index contributed by atoms with van der Waals surface area (Å²) in [4.78, 5) is 11.8. The van der Waals surface area contributed by atoms with Crippen molar-refractivity contribution in [2.24, 2.45) is 5.92 Å². The number of ether oxygens (including phenoxy) is 1. The van der Waals surface area contributed by atoms with E-state index in [4.69, 9.17) is 10.00 Å². The van der Waals surface area contributed by atoms with Gasteiger partial charge in [-0.25, -0.2) is 4.79 Å². The molecule has 0 aliphatic heterocycles. The van der Waals surface area contributed by atoms with Crippen molar-refractivity contribution in [2.75, 3.05) is 0 Å². The molecule has 0 aromatic carbocycles. The summed E-state index contributed by atoms with van der Waals surface area (Å²) in [5, 5.41) is 12.0. The van der Waals surface area contributed by atoms with E-state index in [2.05, 4.69) is 11.4 Å². The Morgan fingerprint density at radius 3 is 2.95 bits per heavy atom. The molecular weight excluding hydrogens is 266 g/mol. The summed E-state index contributed by atoms with van der Waals surface area (Å²) in [7, 11) is 0. The molecule has 1 aromatic rings. The number of rotatable bonds is 3. The van der Waals surface area contributed by atoms with Crippen LogP contribution in [0.15, 0.2) is 18.3 Å². The smallest absolute Gasteiger partial charge is 0.407 e. The minimum Gasteiger partial charge on any atom is -0.444 e. The van der Waals surface area contributed by atoms with Crippen LogP contribution in [0.25, 0.3) is 0 Å². The van der Waals surface area contributed by atoms with Gasteiger partial charge in [0.25, 0.3) is 0 Å². The molecule has 1 fully saturated rings. The molecule has 0 bridgehead atoms. The molecule has 1 aliphatic rings. The first-order valence-electron chi connectivity index (χ1n) is 7.42. The summed E-state index contributed by atoms with van der Waals surface area (Å²) in [6, 6.07) is 6.08. The maximum absolute atomic E-state index is 11.8. The van der Waals surface area contributed by atoms with E-state index in [-0.39, 0.29) is 12.1 Å². The third kappa shape index (κ3) is 4.52. The Bertz CT molecular complexity index is 536. The topological polar surface area (TPSA) is 67.0 Å². The normalized spacial score (nSPS) is 21.8. The minimum atomic E-state index is -0.463. The van der Waals surface area contributed by atoms with Crippen LogP contribution in [0.1, 0.15) is 45.7 Å². The van der Waals surface area contributed by atoms with Gasteiger partial charge in [-0.2, -0.15) is 5.26 Å². The standard InChI is InChI=1S/C16H23N3O2/c1-16(2,3)21-15(20)18-13-7-6-12(9-13)11-19-8-4-5-14(19)10-17/h4-5,8,12-13H,6-7,9,11H2,1-3H3,(H,18,20)/t12-,13+/m0/s1. The number of aromatic nitrogens is 1. The van der Waals surface area contributed by atoms with Gasteiger partial charge in [-0.05, 0) is 58.1 Å². The van der Waals surface area contributed by atoms with Crippen molar-refractivity contribution < 1.29 is 9.53 Å². The molecule has 1 aromatic heterocycles. The maximum atomic E-state index is 11.8. The lowest BCUT2D eigenvalue weighted by atomic mass is 10.1. The maximum Gasteiger partial charge on any atom is 0.407 e. The summed E-state index contributed by atoms with van der Waals surface area (Å²) >= 11 is 0. The Kier molecular flexibility index (Phi) is 4.56. The summed E-state index contributed by atoms with van der Waals surface area (Å²) in [5.41, 5.74) is 0.230. The van der Waals surface area contributed by atoms with Gasteiger partial charge in [-0.15, -0.1) is 0 Å². The first-order valence-corrected chi connectivity index (χ1v) is 7.42. The Balaban J connectivity index is 1.81. The fraction of sp³-hybridized carbons (Fsp3) is 0.625. The SMILES string of the molecule is CC(C)(C)OC(=O)N[C@@H]1CC[C@H](Cn2cccc2C#N)C1. The number of nitrogens with zero attached hydrogens (tertiary/aromatic N) is 2. The number of amides is 1. The Morgan fingerprint density at radius 1 is 1.52 bits per heavy atom. The summed E-state index contributed by atoms with van der Waals surface area (Å²) in [6.45, 7) is 6.42. The van der Waals surface area contributed by atoms with E-state index in [1.807, 2.05) is 43.7 Å². The van der Waals surface area contributed by atoms with Crippen LogP contribution in [-0.2, 0) is 11.3 Å². The monoisotopic (exact) mass is 289 g/mol. The summed E-state index contributed by atoms with van der Waals surface area (Å²) in [5.74, 6) is 0.490. The number of carbonyl (C=O) groups is 1. The lowest BCUT2D eigenvalue weighted by molar-refractivity contribution is 0.0504. The Hall–Kier alpha value is -1.96. The number of alkyl carbamates (subject to hydrolysis) is 1. The fourth-order valence-corrected chi connectivity index (χ4v) is 2.80. The second kappa shape index (κ2) is 6.21. The molecule has 5 nitrogen and oxygen atoms in total. The van der Waals surface area contributed by atoms with Gasteiger partial charge < -0.3 is 14.6 Å². The van der Waals surface area contributed by atoms with Crippen molar-refractivity contribution in [1.29, 1.82) is 5.26 Å². The van der Waals surface area contributed by atoms with Gasteiger partial charge in [0.15, 0.2) is 0 Å². The Morgan fingerprint density at radius 2 is 2.29 bits per heavy atom. The summed E-state index contributed by atoms with van der Waals surface area (Å²) < 4.78 is 7.27. The Labute approximate surface area is 125 Å². The van der Waals surface area contributed by atoms with Gasteiger partial charge in [0.2, 0.25) is 0 Å². The van der Waals surface area contributed by atoms with Crippen LogP contribution in [0, 0.1) is 17.2 Å². The van der Waals surface area contributed by atoms with Gasteiger partial charge in [-0.1, -0.05) is 0 Å². The highest BCUT2D eigenvalue weighted by molar-refractivity contribution is 5.68. The van der Waals surface area contributed by atoms with Crippen LogP contribution in [0.4, 0.5) is 4.79 Å². The first-order chi connectivity index (χ1) is 9.87. The molecule has 1 N–H and O–H groups in total. The van der Waals surface area contributed by atoms with Crippen molar-refractivity contribution in [3.05, 3.63) is 24.0 Å². The molecule has 2 atom stereocenters. The lowest BCUT2D eigenvalue weighted by Gasteiger charge is -2.21. The number of nitrogens with one attached hydrogen (secondary N) is 1. The van der Waals surface area contributed by atoms with Gasteiger partial charge in [0.1, 0.15) is 17.4 Å². The molecule has 0 saturated heterocycles. The minimum absolute atomic E-state index is 0.172. The molecule has 1 aliphatic carbocycles. The van der Waals surface area contributed by atoms with Crippen LogP contribution in [0.2, 0.25) is 0 Å². The molecule has 21 heavy (non-hydrogen) atoms.